The third-order valence-electron chi connectivity index (χ3n) is 4.10. The smallest absolute Gasteiger partial charge is 0.246 e. The van der Waals surface area contributed by atoms with Crippen LogP contribution in [0.5, 0.6) is 5.75 Å². The van der Waals surface area contributed by atoms with E-state index in [4.69, 9.17) is 4.74 Å². The Balaban J connectivity index is 1.50. The first-order valence-electron chi connectivity index (χ1n) is 8.85. The molecule has 0 N–H and O–H groups in total. The second-order valence-electron chi connectivity index (χ2n) is 6.34. The minimum Gasteiger partial charge on any atom is -0.492 e. The standard InChI is InChI=1S/C22H21FN2O2S/c1-16-3-10-20(11-4-16)27-14-13-25(2)21(26)12-9-19-15-28-22(24-19)17-5-7-18(23)8-6-17/h3-12,15H,13-14H2,1-2H3/b12-9+. The fraction of sp³-hybridized carbons (Fsp3) is 0.182. The van der Waals surface area contributed by atoms with E-state index in [-0.39, 0.29) is 11.7 Å². The highest BCUT2D eigenvalue weighted by Gasteiger charge is 2.07. The molecule has 0 aliphatic heterocycles. The minimum atomic E-state index is -0.277. The molecule has 0 saturated heterocycles. The molecule has 1 heterocycles. The molecule has 3 aromatic rings. The fourth-order valence-corrected chi connectivity index (χ4v) is 3.21. The molecular formula is C22H21FN2O2S. The van der Waals surface area contributed by atoms with Crippen LogP contribution in [0.15, 0.2) is 60.0 Å². The summed E-state index contributed by atoms with van der Waals surface area (Å²) in [6.45, 7) is 2.92. The van der Waals surface area contributed by atoms with Crippen LogP contribution in [0, 0.1) is 12.7 Å². The molecule has 0 aliphatic carbocycles. The first kappa shape index (κ1) is 19.8. The highest BCUT2D eigenvalue weighted by Crippen LogP contribution is 2.24. The molecule has 2 aromatic carbocycles. The third-order valence-corrected chi connectivity index (χ3v) is 5.01. The van der Waals surface area contributed by atoms with E-state index >= 15 is 0 Å². The fourth-order valence-electron chi connectivity index (χ4n) is 2.42. The van der Waals surface area contributed by atoms with Crippen LogP contribution in [0.25, 0.3) is 16.6 Å². The molecule has 0 spiro atoms. The summed E-state index contributed by atoms with van der Waals surface area (Å²) in [5.74, 6) is 0.391. The number of hydrogen-bond donors (Lipinski definition) is 0. The quantitative estimate of drug-likeness (QED) is 0.538. The summed E-state index contributed by atoms with van der Waals surface area (Å²) < 4.78 is 18.7. The Bertz CT molecular complexity index is 949. The lowest BCUT2D eigenvalue weighted by Gasteiger charge is -2.15. The summed E-state index contributed by atoms with van der Waals surface area (Å²) in [5, 5.41) is 2.65. The molecule has 0 bridgehead atoms. The van der Waals surface area contributed by atoms with E-state index < -0.39 is 0 Å². The van der Waals surface area contributed by atoms with Crippen LogP contribution in [0.4, 0.5) is 4.39 Å². The predicted molar refractivity (Wildman–Crippen MR) is 111 cm³/mol. The zero-order valence-electron chi connectivity index (χ0n) is 15.8. The van der Waals surface area contributed by atoms with Crippen LogP contribution in [0.3, 0.4) is 0 Å². The number of rotatable bonds is 7. The molecule has 3 rings (SSSR count). The Morgan fingerprint density at radius 2 is 1.89 bits per heavy atom. The van der Waals surface area contributed by atoms with E-state index in [1.165, 1.54) is 35.1 Å². The molecule has 1 amide bonds. The van der Waals surface area contributed by atoms with Gasteiger partial charge in [0, 0.05) is 24.1 Å². The Hall–Kier alpha value is -2.99. The van der Waals surface area contributed by atoms with Gasteiger partial charge >= 0.3 is 0 Å². The summed E-state index contributed by atoms with van der Waals surface area (Å²) in [7, 11) is 1.73. The number of benzene rings is 2. The lowest BCUT2D eigenvalue weighted by molar-refractivity contribution is -0.125. The van der Waals surface area contributed by atoms with E-state index in [1.54, 1.807) is 30.2 Å². The molecule has 0 radical (unpaired) electrons. The van der Waals surface area contributed by atoms with Crippen molar-refractivity contribution in [3.05, 3.63) is 77.1 Å². The number of ether oxygens (including phenoxy) is 1. The van der Waals surface area contributed by atoms with E-state index in [0.29, 0.717) is 18.8 Å². The van der Waals surface area contributed by atoms with Gasteiger partial charge in [-0.1, -0.05) is 17.7 Å². The molecule has 4 nitrogen and oxygen atoms in total. The van der Waals surface area contributed by atoms with E-state index in [0.717, 1.165) is 16.3 Å². The Morgan fingerprint density at radius 3 is 2.61 bits per heavy atom. The molecule has 0 atom stereocenters. The number of carbonyl (C=O) groups is 1. The average molecular weight is 396 g/mol. The normalized spacial score (nSPS) is 11.0. The number of hydrogen-bond acceptors (Lipinski definition) is 4. The van der Waals surface area contributed by atoms with Crippen LogP contribution in [-0.2, 0) is 4.79 Å². The first-order valence-corrected chi connectivity index (χ1v) is 9.73. The number of carbonyl (C=O) groups excluding carboxylic acids is 1. The average Bonchev–Trinajstić information content (AvgIpc) is 3.17. The number of aromatic nitrogens is 1. The molecule has 6 heteroatoms. The first-order chi connectivity index (χ1) is 13.5. The van der Waals surface area contributed by atoms with Gasteiger partial charge in [0.25, 0.3) is 0 Å². The number of aryl methyl sites for hydroxylation is 1. The van der Waals surface area contributed by atoms with Crippen LogP contribution in [-0.4, -0.2) is 36.0 Å². The van der Waals surface area contributed by atoms with Crippen molar-refractivity contribution < 1.29 is 13.9 Å². The summed E-state index contributed by atoms with van der Waals surface area (Å²) in [6.07, 6.45) is 3.18. The van der Waals surface area contributed by atoms with Gasteiger partial charge in [-0.25, -0.2) is 9.37 Å². The lowest BCUT2D eigenvalue weighted by Crippen LogP contribution is -2.29. The van der Waals surface area contributed by atoms with Gasteiger partial charge in [-0.2, -0.15) is 0 Å². The van der Waals surface area contributed by atoms with Gasteiger partial charge in [0.15, 0.2) is 0 Å². The number of amides is 1. The van der Waals surface area contributed by atoms with Crippen molar-refractivity contribution in [3.63, 3.8) is 0 Å². The molecule has 0 aliphatic rings. The predicted octanol–water partition coefficient (Wildman–Crippen LogP) is 4.81. The summed E-state index contributed by atoms with van der Waals surface area (Å²) in [5.41, 5.74) is 2.72. The van der Waals surface area contributed by atoms with Gasteiger partial charge < -0.3 is 9.64 Å². The van der Waals surface area contributed by atoms with E-state index in [9.17, 15) is 9.18 Å². The lowest BCUT2D eigenvalue weighted by atomic mass is 10.2. The van der Waals surface area contributed by atoms with Crippen LogP contribution in [0.1, 0.15) is 11.3 Å². The number of likely N-dealkylation sites (N-methyl/N-ethyl adjacent to an activating group) is 1. The Kier molecular flexibility index (Phi) is 6.55. The van der Waals surface area contributed by atoms with Gasteiger partial charge in [0.2, 0.25) is 5.91 Å². The monoisotopic (exact) mass is 396 g/mol. The van der Waals surface area contributed by atoms with Crippen molar-refractivity contribution in [2.75, 3.05) is 20.2 Å². The van der Waals surface area contributed by atoms with Crippen molar-refractivity contribution in [1.29, 1.82) is 0 Å². The van der Waals surface area contributed by atoms with Crippen LogP contribution >= 0.6 is 11.3 Å². The maximum atomic E-state index is 13.0. The molecule has 28 heavy (non-hydrogen) atoms. The van der Waals surface area contributed by atoms with Gasteiger partial charge in [-0.3, -0.25) is 4.79 Å². The van der Waals surface area contributed by atoms with Crippen molar-refractivity contribution in [2.24, 2.45) is 0 Å². The van der Waals surface area contributed by atoms with Gasteiger partial charge in [0.1, 0.15) is 23.2 Å². The van der Waals surface area contributed by atoms with Crippen molar-refractivity contribution in [2.45, 2.75) is 6.92 Å². The van der Waals surface area contributed by atoms with Crippen molar-refractivity contribution in [3.8, 4) is 16.3 Å². The summed E-state index contributed by atoms with van der Waals surface area (Å²) >= 11 is 1.45. The molecule has 144 valence electrons. The number of thiazole rings is 1. The van der Waals surface area contributed by atoms with Crippen LogP contribution in [0.2, 0.25) is 0 Å². The topological polar surface area (TPSA) is 42.4 Å². The minimum absolute atomic E-state index is 0.121. The molecule has 0 fully saturated rings. The Labute approximate surface area is 167 Å². The summed E-state index contributed by atoms with van der Waals surface area (Å²) in [4.78, 5) is 18.3. The molecule has 0 saturated carbocycles. The largest absolute Gasteiger partial charge is 0.492 e. The maximum Gasteiger partial charge on any atom is 0.246 e. The van der Waals surface area contributed by atoms with E-state index in [2.05, 4.69) is 4.98 Å². The van der Waals surface area contributed by atoms with Gasteiger partial charge in [0.05, 0.1) is 12.2 Å². The molecule has 1 aromatic heterocycles. The van der Waals surface area contributed by atoms with E-state index in [1.807, 2.05) is 36.6 Å². The third kappa shape index (κ3) is 5.50. The van der Waals surface area contributed by atoms with Crippen molar-refractivity contribution in [1.82, 2.24) is 9.88 Å². The van der Waals surface area contributed by atoms with Gasteiger partial charge in [-0.15, -0.1) is 11.3 Å². The number of nitrogens with zero attached hydrogens (tertiary/aromatic N) is 2. The van der Waals surface area contributed by atoms with Crippen LogP contribution < -0.4 is 4.74 Å². The molecule has 0 unspecified atom stereocenters. The zero-order valence-corrected chi connectivity index (χ0v) is 16.6. The highest BCUT2D eigenvalue weighted by atomic mass is 32.1. The molecular weight excluding hydrogens is 375 g/mol. The second-order valence-corrected chi connectivity index (χ2v) is 7.20. The highest BCUT2D eigenvalue weighted by molar-refractivity contribution is 7.13. The maximum absolute atomic E-state index is 13.0. The SMILES string of the molecule is Cc1ccc(OCCN(C)C(=O)/C=C/c2csc(-c3ccc(F)cc3)n2)cc1. The summed E-state index contributed by atoms with van der Waals surface area (Å²) in [6, 6.07) is 14.0. The number of halogens is 1. The zero-order chi connectivity index (χ0) is 19.9. The second kappa shape index (κ2) is 9.28. The van der Waals surface area contributed by atoms with Gasteiger partial charge in [-0.05, 0) is 49.4 Å². The Morgan fingerprint density at radius 1 is 1.18 bits per heavy atom. The van der Waals surface area contributed by atoms with Crippen molar-refractivity contribution >= 4 is 23.3 Å².